The lowest BCUT2D eigenvalue weighted by Crippen LogP contribution is -2.30. The maximum Gasteiger partial charge on any atom is 0.306 e. The van der Waals surface area contributed by atoms with Gasteiger partial charge in [-0.15, -0.1) is 0 Å². The molecule has 0 heterocycles. The normalized spacial score (nSPS) is 12.9. The Bertz CT molecular complexity index is 1570. The van der Waals surface area contributed by atoms with Gasteiger partial charge in [0, 0.05) is 19.3 Å². The SMILES string of the molecule is CC/C=C\C/C=C\C/C=C\C/C=C\C/C=C\CCCCCCCC(=O)OC(COC(=O)CCCCCCC/C=C\CCCC)COC(=O)CCCCCCCCCCCCCC/C=C\C/C=C\C/C=C\C/C=C\CC. The summed E-state index contributed by atoms with van der Waals surface area (Å²) in [5, 5.41) is 0. The van der Waals surface area contributed by atoms with Gasteiger partial charge in [-0.2, -0.15) is 0 Å². The van der Waals surface area contributed by atoms with Gasteiger partial charge in [0.15, 0.2) is 6.10 Å². The number of hydrogen-bond acceptors (Lipinski definition) is 6. The first kappa shape index (κ1) is 70.8. The molecule has 1 unspecified atom stereocenters. The summed E-state index contributed by atoms with van der Waals surface area (Å²) in [7, 11) is 0. The lowest BCUT2D eigenvalue weighted by molar-refractivity contribution is -0.167. The Morgan fingerprint density at radius 1 is 0.280 bits per heavy atom. The largest absolute Gasteiger partial charge is 0.462 e. The van der Waals surface area contributed by atoms with Crippen LogP contribution in [0.15, 0.2) is 122 Å². The van der Waals surface area contributed by atoms with Gasteiger partial charge in [0.05, 0.1) is 0 Å². The van der Waals surface area contributed by atoms with Crippen molar-refractivity contribution in [1.29, 1.82) is 0 Å². The molecule has 0 saturated carbocycles. The topological polar surface area (TPSA) is 78.9 Å². The van der Waals surface area contributed by atoms with Crippen molar-refractivity contribution < 1.29 is 28.6 Å². The van der Waals surface area contributed by atoms with E-state index in [9.17, 15) is 14.4 Å². The van der Waals surface area contributed by atoms with Crippen LogP contribution in [-0.2, 0) is 28.6 Å². The maximum atomic E-state index is 12.9. The average Bonchev–Trinajstić information content (AvgIpc) is 3.41. The third-order valence-electron chi connectivity index (χ3n) is 12.9. The number of allylic oxidation sites excluding steroid dienone is 20. The highest BCUT2D eigenvalue weighted by molar-refractivity contribution is 5.71. The molecule has 0 aromatic rings. The van der Waals surface area contributed by atoms with Crippen LogP contribution < -0.4 is 0 Å². The van der Waals surface area contributed by atoms with Crippen molar-refractivity contribution in [3.8, 4) is 0 Å². The maximum absolute atomic E-state index is 12.9. The molecule has 0 aromatic heterocycles. The summed E-state index contributed by atoms with van der Waals surface area (Å²) in [4.78, 5) is 38.2. The Morgan fingerprint density at radius 2 is 0.520 bits per heavy atom. The van der Waals surface area contributed by atoms with Gasteiger partial charge in [-0.25, -0.2) is 0 Å². The number of carbonyl (C=O) groups is 3. The summed E-state index contributed by atoms with van der Waals surface area (Å²) in [5.74, 6) is -0.920. The first-order chi connectivity index (χ1) is 37.0. The van der Waals surface area contributed by atoms with Crippen molar-refractivity contribution in [2.75, 3.05) is 13.2 Å². The van der Waals surface area contributed by atoms with Crippen LogP contribution in [0.4, 0.5) is 0 Å². The van der Waals surface area contributed by atoms with Gasteiger partial charge in [0.25, 0.3) is 0 Å². The Hall–Kier alpha value is -4.19. The third kappa shape index (κ3) is 60.6. The van der Waals surface area contributed by atoms with Gasteiger partial charge in [-0.1, -0.05) is 258 Å². The quantitative estimate of drug-likeness (QED) is 0.0261. The van der Waals surface area contributed by atoms with Crippen molar-refractivity contribution in [3.05, 3.63) is 122 Å². The molecule has 0 amide bonds. The number of hydrogen-bond donors (Lipinski definition) is 0. The van der Waals surface area contributed by atoms with Crippen LogP contribution >= 0.6 is 0 Å². The molecule has 0 N–H and O–H groups in total. The zero-order chi connectivity index (χ0) is 54.3. The monoisotopic (exact) mass is 1040 g/mol. The van der Waals surface area contributed by atoms with Crippen LogP contribution in [0.2, 0.25) is 0 Å². The minimum atomic E-state index is -0.796. The van der Waals surface area contributed by atoms with E-state index in [1.165, 1.54) is 89.9 Å². The molecule has 0 aliphatic rings. The van der Waals surface area contributed by atoms with Gasteiger partial charge >= 0.3 is 17.9 Å². The van der Waals surface area contributed by atoms with Crippen LogP contribution in [0.5, 0.6) is 0 Å². The summed E-state index contributed by atoms with van der Waals surface area (Å²) in [6.45, 7) is 6.36. The fourth-order valence-electron chi connectivity index (χ4n) is 8.32. The van der Waals surface area contributed by atoms with E-state index in [2.05, 4.69) is 142 Å². The number of esters is 3. The summed E-state index contributed by atoms with van der Waals surface area (Å²) in [6, 6.07) is 0. The fraction of sp³-hybridized carbons (Fsp3) is 0.667. The highest BCUT2D eigenvalue weighted by atomic mass is 16.6. The van der Waals surface area contributed by atoms with E-state index in [1.807, 2.05) is 0 Å². The number of carbonyl (C=O) groups excluding carboxylic acids is 3. The molecule has 0 aliphatic carbocycles. The van der Waals surface area contributed by atoms with Gasteiger partial charge in [-0.05, 0) is 122 Å². The van der Waals surface area contributed by atoms with Crippen molar-refractivity contribution in [1.82, 2.24) is 0 Å². The van der Waals surface area contributed by atoms with Crippen molar-refractivity contribution >= 4 is 17.9 Å². The zero-order valence-corrected chi connectivity index (χ0v) is 48.8. The van der Waals surface area contributed by atoms with Crippen molar-refractivity contribution in [2.24, 2.45) is 0 Å². The van der Waals surface area contributed by atoms with Crippen LogP contribution in [-0.4, -0.2) is 37.2 Å². The lowest BCUT2D eigenvalue weighted by atomic mass is 10.0. The van der Waals surface area contributed by atoms with E-state index in [0.29, 0.717) is 19.3 Å². The fourth-order valence-corrected chi connectivity index (χ4v) is 8.32. The number of ether oxygens (including phenoxy) is 3. The number of unbranched alkanes of at least 4 members (excludes halogenated alkanes) is 24. The summed E-state index contributed by atoms with van der Waals surface area (Å²) < 4.78 is 16.9. The van der Waals surface area contributed by atoms with Crippen LogP contribution in [0.25, 0.3) is 0 Å². The van der Waals surface area contributed by atoms with E-state index in [1.54, 1.807) is 0 Å². The summed E-state index contributed by atoms with van der Waals surface area (Å²) >= 11 is 0. The first-order valence-corrected chi connectivity index (χ1v) is 31.0. The first-order valence-electron chi connectivity index (χ1n) is 31.0. The molecule has 0 fully saturated rings. The van der Waals surface area contributed by atoms with Gasteiger partial charge in [0.2, 0.25) is 0 Å². The average molecular weight is 1040 g/mol. The molecule has 75 heavy (non-hydrogen) atoms. The molecule has 0 aromatic carbocycles. The standard InChI is InChI=1S/C69H114O6/c1-4-7-10-13-16-19-22-24-26-28-30-32-33-34-35-37-38-40-42-44-47-50-53-56-59-62-68(71)74-65-66(64-73-67(70)61-58-55-52-49-46-21-18-15-12-9-6-3)75-69(72)63-60-57-54-51-48-45-43-41-39-36-31-29-27-25-23-20-17-14-11-8-5-2/h7-8,10-11,15-20,24-27,30-32,36,41,43,66H,4-6,9,12-14,21-23,28-29,33-35,37-40,42,44-65H2,1-3H3/b10-7-,11-8-,18-15-,19-16-,20-17-,26-24-,27-25-,32-30-,36-31-,43-41-. The van der Waals surface area contributed by atoms with Crippen LogP contribution in [0.1, 0.15) is 278 Å². The second-order valence-corrected chi connectivity index (χ2v) is 20.2. The molecule has 0 aliphatic heterocycles. The molecule has 1 atom stereocenters. The molecule has 0 bridgehead atoms. The van der Waals surface area contributed by atoms with E-state index < -0.39 is 6.10 Å². The molecule has 6 heteroatoms. The summed E-state index contributed by atoms with van der Waals surface area (Å²) in [6.07, 6.45) is 86.3. The molecule has 0 spiro atoms. The van der Waals surface area contributed by atoms with Crippen molar-refractivity contribution in [3.63, 3.8) is 0 Å². The molecule has 0 saturated heterocycles. The molecule has 6 nitrogen and oxygen atoms in total. The lowest BCUT2D eigenvalue weighted by Gasteiger charge is -2.18. The molecular formula is C69H114O6. The smallest absolute Gasteiger partial charge is 0.306 e. The van der Waals surface area contributed by atoms with Crippen LogP contribution in [0.3, 0.4) is 0 Å². The van der Waals surface area contributed by atoms with E-state index >= 15 is 0 Å². The Kier molecular flexibility index (Phi) is 58.9. The van der Waals surface area contributed by atoms with Crippen LogP contribution in [0, 0.1) is 0 Å². The van der Waals surface area contributed by atoms with Gasteiger partial charge in [0.1, 0.15) is 13.2 Å². The minimum Gasteiger partial charge on any atom is -0.462 e. The van der Waals surface area contributed by atoms with Gasteiger partial charge < -0.3 is 14.2 Å². The summed E-state index contributed by atoms with van der Waals surface area (Å²) in [5.41, 5.74) is 0. The zero-order valence-electron chi connectivity index (χ0n) is 48.8. The second kappa shape index (κ2) is 62.4. The number of rotatable bonds is 55. The Labute approximate surface area is 462 Å². The highest BCUT2D eigenvalue weighted by Crippen LogP contribution is 2.15. The van der Waals surface area contributed by atoms with E-state index in [-0.39, 0.29) is 31.1 Å². The predicted molar refractivity (Wildman–Crippen MR) is 325 cm³/mol. The Balaban J connectivity index is 4.33. The molecule has 426 valence electrons. The molecular weight excluding hydrogens is 925 g/mol. The minimum absolute atomic E-state index is 0.0914. The third-order valence-corrected chi connectivity index (χ3v) is 12.9. The molecule has 0 radical (unpaired) electrons. The highest BCUT2D eigenvalue weighted by Gasteiger charge is 2.19. The Morgan fingerprint density at radius 3 is 0.827 bits per heavy atom. The van der Waals surface area contributed by atoms with E-state index in [0.717, 1.165) is 148 Å². The predicted octanol–water partition coefficient (Wildman–Crippen LogP) is 21.2. The second-order valence-electron chi connectivity index (χ2n) is 20.2. The molecule has 0 rings (SSSR count). The van der Waals surface area contributed by atoms with E-state index in [4.69, 9.17) is 14.2 Å². The van der Waals surface area contributed by atoms with Gasteiger partial charge in [-0.3, -0.25) is 14.4 Å². The van der Waals surface area contributed by atoms with Crippen molar-refractivity contribution in [2.45, 2.75) is 284 Å².